The largest absolute Gasteiger partial charge is 0.309 e. The minimum atomic E-state index is -3.45. The van der Waals surface area contributed by atoms with Crippen molar-refractivity contribution in [2.45, 2.75) is 35.4 Å². The zero-order valence-corrected chi connectivity index (χ0v) is 18.0. The predicted octanol–water partition coefficient (Wildman–Crippen LogP) is 4.74. The summed E-state index contributed by atoms with van der Waals surface area (Å²) in [6.45, 7) is 2.99. The Morgan fingerprint density at radius 2 is 1.82 bits per heavy atom. The number of benzene rings is 2. The van der Waals surface area contributed by atoms with E-state index in [1.54, 1.807) is 19.1 Å². The van der Waals surface area contributed by atoms with Gasteiger partial charge in [0, 0.05) is 10.9 Å². The van der Waals surface area contributed by atoms with Crippen molar-refractivity contribution in [3.63, 3.8) is 0 Å². The summed E-state index contributed by atoms with van der Waals surface area (Å²) in [5, 5.41) is 8.84. The molecule has 0 aliphatic carbocycles. The average Bonchev–Trinajstić information content (AvgIpc) is 3.16. The maximum absolute atomic E-state index is 13.3. The van der Waals surface area contributed by atoms with E-state index in [9.17, 15) is 8.42 Å². The van der Waals surface area contributed by atoms with Gasteiger partial charge in [-0.3, -0.25) is 0 Å². The first kappa shape index (κ1) is 21.0. The summed E-state index contributed by atoms with van der Waals surface area (Å²) in [5.74, 6) is -0.104. The van der Waals surface area contributed by atoms with Gasteiger partial charge in [-0.25, -0.2) is 8.42 Å². The van der Waals surface area contributed by atoms with Crippen molar-refractivity contribution in [3.8, 4) is 0 Å². The van der Waals surface area contributed by atoms with E-state index in [0.717, 1.165) is 17.7 Å². The Hall–Kier alpha value is -1.76. The van der Waals surface area contributed by atoms with E-state index < -0.39 is 15.1 Å². The van der Waals surface area contributed by atoms with Gasteiger partial charge in [0.05, 0.1) is 16.7 Å². The van der Waals surface area contributed by atoms with Crippen molar-refractivity contribution in [1.82, 2.24) is 4.90 Å². The molecular weight excluding hydrogens is 394 g/mol. The van der Waals surface area contributed by atoms with Crippen molar-refractivity contribution in [1.29, 1.82) is 0 Å². The standard InChI is InChI=1S/C21H26ClN3O2S/c1-15(12-13-25(2)3)28(26,27)20-7-5-4-6-18(20)19-14-23-24-21(19)16-8-10-17(22)11-9-16/h4-11,15,19,21H,12-14H2,1-3H3. The summed E-state index contributed by atoms with van der Waals surface area (Å²) in [5.41, 5.74) is 1.78. The number of azo groups is 1. The lowest BCUT2D eigenvalue weighted by atomic mass is 9.88. The van der Waals surface area contributed by atoms with Crippen molar-refractivity contribution in [3.05, 3.63) is 64.7 Å². The van der Waals surface area contributed by atoms with Crippen LogP contribution in [0.4, 0.5) is 0 Å². The van der Waals surface area contributed by atoms with E-state index in [0.29, 0.717) is 22.9 Å². The monoisotopic (exact) mass is 419 g/mol. The molecule has 0 spiro atoms. The fraction of sp³-hybridized carbons (Fsp3) is 0.429. The predicted molar refractivity (Wildman–Crippen MR) is 113 cm³/mol. The second-order valence-corrected chi connectivity index (χ2v) is 10.3. The Morgan fingerprint density at radius 3 is 2.50 bits per heavy atom. The van der Waals surface area contributed by atoms with Crippen LogP contribution < -0.4 is 0 Å². The third-order valence-corrected chi connectivity index (χ3v) is 7.75. The number of rotatable bonds is 7. The lowest BCUT2D eigenvalue weighted by Gasteiger charge is -2.22. The van der Waals surface area contributed by atoms with Crippen molar-refractivity contribution in [2.75, 3.05) is 27.2 Å². The van der Waals surface area contributed by atoms with Crippen LogP contribution in [-0.4, -0.2) is 45.8 Å². The minimum Gasteiger partial charge on any atom is -0.309 e. The second kappa shape index (κ2) is 8.72. The molecule has 0 saturated carbocycles. The van der Waals surface area contributed by atoms with Crippen LogP contribution in [0.15, 0.2) is 63.7 Å². The summed E-state index contributed by atoms with van der Waals surface area (Å²) in [6.07, 6.45) is 0.587. The Labute approximate surface area is 172 Å². The SMILES string of the molecule is CC(CCN(C)C)S(=O)(=O)c1ccccc1C1CN=NC1c1ccc(Cl)cc1. The molecule has 0 aromatic heterocycles. The molecule has 2 aromatic carbocycles. The van der Waals surface area contributed by atoms with Crippen LogP contribution >= 0.6 is 11.6 Å². The van der Waals surface area contributed by atoms with Crippen LogP contribution in [-0.2, 0) is 9.84 Å². The first-order valence-corrected chi connectivity index (χ1v) is 11.3. The van der Waals surface area contributed by atoms with Crippen LogP contribution in [0.25, 0.3) is 0 Å². The highest BCUT2D eigenvalue weighted by Gasteiger charge is 2.34. The first-order chi connectivity index (χ1) is 13.3. The first-order valence-electron chi connectivity index (χ1n) is 9.40. The molecule has 3 rings (SSSR count). The highest BCUT2D eigenvalue weighted by atomic mass is 35.5. The summed E-state index contributed by atoms with van der Waals surface area (Å²) < 4.78 is 26.6. The third-order valence-electron chi connectivity index (χ3n) is 5.21. The van der Waals surface area contributed by atoms with E-state index in [-0.39, 0.29) is 12.0 Å². The van der Waals surface area contributed by atoms with Gasteiger partial charge in [0.1, 0.15) is 6.04 Å². The van der Waals surface area contributed by atoms with E-state index in [1.165, 1.54) is 0 Å². The van der Waals surface area contributed by atoms with Gasteiger partial charge in [-0.1, -0.05) is 41.9 Å². The maximum Gasteiger partial charge on any atom is 0.181 e. The zero-order valence-electron chi connectivity index (χ0n) is 16.4. The number of sulfone groups is 1. The summed E-state index contributed by atoms with van der Waals surface area (Å²) >= 11 is 6.01. The van der Waals surface area contributed by atoms with Crippen molar-refractivity contribution in [2.24, 2.45) is 10.2 Å². The van der Waals surface area contributed by atoms with Gasteiger partial charge >= 0.3 is 0 Å². The van der Waals surface area contributed by atoms with Gasteiger partial charge in [-0.2, -0.15) is 10.2 Å². The number of halogens is 1. The Balaban J connectivity index is 1.94. The van der Waals surface area contributed by atoms with Crippen molar-refractivity contribution >= 4 is 21.4 Å². The quantitative estimate of drug-likeness (QED) is 0.650. The summed E-state index contributed by atoms with van der Waals surface area (Å²) in [7, 11) is 0.454. The molecule has 3 atom stereocenters. The normalized spacial score (nSPS) is 20.6. The Kier molecular flexibility index (Phi) is 6.53. The smallest absolute Gasteiger partial charge is 0.181 e. The van der Waals surface area contributed by atoms with E-state index >= 15 is 0 Å². The molecule has 150 valence electrons. The molecule has 0 saturated heterocycles. The van der Waals surface area contributed by atoms with Crippen molar-refractivity contribution < 1.29 is 8.42 Å². The van der Waals surface area contributed by atoms with Gasteiger partial charge in [0.2, 0.25) is 0 Å². The molecule has 0 amide bonds. The topological polar surface area (TPSA) is 62.1 Å². The van der Waals surface area contributed by atoms with Crippen LogP contribution in [0.3, 0.4) is 0 Å². The molecule has 28 heavy (non-hydrogen) atoms. The van der Waals surface area contributed by atoms with E-state index in [4.69, 9.17) is 11.6 Å². The summed E-state index contributed by atoms with van der Waals surface area (Å²) in [4.78, 5) is 2.40. The molecule has 0 radical (unpaired) electrons. The molecule has 3 unspecified atom stereocenters. The number of hydrogen-bond acceptors (Lipinski definition) is 5. The lowest BCUT2D eigenvalue weighted by molar-refractivity contribution is 0.397. The average molecular weight is 420 g/mol. The van der Waals surface area contributed by atoms with Crippen LogP contribution in [0, 0.1) is 0 Å². The van der Waals surface area contributed by atoms with Gasteiger partial charge < -0.3 is 4.90 Å². The van der Waals surface area contributed by atoms with Gasteiger partial charge in [0.25, 0.3) is 0 Å². The zero-order chi connectivity index (χ0) is 20.3. The van der Waals surface area contributed by atoms with Crippen LogP contribution in [0.1, 0.15) is 36.4 Å². The molecular formula is C21H26ClN3O2S. The van der Waals surface area contributed by atoms with Crippen LogP contribution in [0.5, 0.6) is 0 Å². The van der Waals surface area contributed by atoms with Crippen LogP contribution in [0.2, 0.25) is 5.02 Å². The van der Waals surface area contributed by atoms with E-state index in [1.807, 2.05) is 55.4 Å². The highest BCUT2D eigenvalue weighted by molar-refractivity contribution is 7.92. The Bertz CT molecular complexity index is 942. The highest BCUT2D eigenvalue weighted by Crippen LogP contribution is 2.42. The Morgan fingerprint density at radius 1 is 1.14 bits per heavy atom. The molecule has 1 heterocycles. The molecule has 0 bridgehead atoms. The fourth-order valence-electron chi connectivity index (χ4n) is 3.49. The molecule has 2 aromatic rings. The van der Waals surface area contributed by atoms with Gasteiger partial charge in [0.15, 0.2) is 9.84 Å². The summed E-state index contributed by atoms with van der Waals surface area (Å²) in [6, 6.07) is 14.6. The fourth-order valence-corrected chi connectivity index (χ4v) is 5.28. The molecule has 7 heteroatoms. The number of nitrogens with zero attached hydrogens (tertiary/aromatic N) is 3. The molecule has 0 N–H and O–H groups in total. The van der Waals surface area contributed by atoms with Gasteiger partial charge in [-0.05, 0) is 63.3 Å². The minimum absolute atomic E-state index is 0.104. The maximum atomic E-state index is 13.3. The second-order valence-electron chi connectivity index (χ2n) is 7.53. The molecule has 1 aliphatic heterocycles. The molecule has 0 fully saturated rings. The molecule has 5 nitrogen and oxygen atoms in total. The number of hydrogen-bond donors (Lipinski definition) is 0. The van der Waals surface area contributed by atoms with Gasteiger partial charge in [-0.15, -0.1) is 0 Å². The molecule has 1 aliphatic rings. The van der Waals surface area contributed by atoms with E-state index in [2.05, 4.69) is 10.2 Å². The lowest BCUT2D eigenvalue weighted by Crippen LogP contribution is -2.25. The third kappa shape index (κ3) is 4.45.